The second-order valence-electron chi connectivity index (χ2n) is 6.55. The quantitative estimate of drug-likeness (QED) is 0.299. The number of aliphatic carboxylic acids is 1. The van der Waals surface area contributed by atoms with Gasteiger partial charge < -0.3 is 15.6 Å². The third kappa shape index (κ3) is 9.27. The summed E-state index contributed by atoms with van der Waals surface area (Å²) in [6.45, 7) is 3.82. The van der Waals surface area contributed by atoms with Crippen LogP contribution in [0.2, 0.25) is 0 Å². The highest BCUT2D eigenvalue weighted by Crippen LogP contribution is 2.35. The number of methoxy groups -OCH3 is 1. The molecule has 3 N–H and O–H groups in total. The van der Waals surface area contributed by atoms with Crippen molar-refractivity contribution in [2.45, 2.75) is 39.4 Å². The molecule has 6 nitrogen and oxygen atoms in total. The number of ether oxygens (including phenoxy) is 1. The summed E-state index contributed by atoms with van der Waals surface area (Å²) in [5, 5.41) is 8.91. The number of nitrogens with two attached hydrogens (primary N) is 1. The Kier molecular flexibility index (Phi) is 12.5. The van der Waals surface area contributed by atoms with Gasteiger partial charge in [0.25, 0.3) is 0 Å². The lowest BCUT2D eigenvalue weighted by molar-refractivity contribution is -0.138. The molecule has 0 saturated carbocycles. The van der Waals surface area contributed by atoms with Crippen molar-refractivity contribution in [2.75, 3.05) is 20.2 Å². The van der Waals surface area contributed by atoms with Gasteiger partial charge in [-0.2, -0.15) is 13.2 Å². The number of carbonyl (C=O) groups is 2. The Hall–Kier alpha value is -3.25. The minimum absolute atomic E-state index is 0.0513. The summed E-state index contributed by atoms with van der Waals surface area (Å²) in [7, 11) is 1.43. The van der Waals surface area contributed by atoms with E-state index >= 15 is 0 Å². The van der Waals surface area contributed by atoms with Gasteiger partial charge in [0.2, 0.25) is 5.91 Å². The van der Waals surface area contributed by atoms with E-state index in [9.17, 15) is 22.8 Å². The molecule has 0 spiro atoms. The Morgan fingerprint density at radius 3 is 2.34 bits per heavy atom. The number of carbonyl (C=O) groups excluding carboxylic acids is 1. The second kappa shape index (κ2) is 13.9. The first-order chi connectivity index (χ1) is 15.0. The van der Waals surface area contributed by atoms with Crippen molar-refractivity contribution < 1.29 is 32.6 Å². The molecule has 32 heavy (non-hydrogen) atoms. The van der Waals surface area contributed by atoms with E-state index in [0.717, 1.165) is 12.1 Å². The number of hydrogen-bond donors (Lipinski definition) is 2. The molecule has 0 saturated heterocycles. The van der Waals surface area contributed by atoms with Crippen LogP contribution in [0.25, 0.3) is 5.57 Å². The van der Waals surface area contributed by atoms with Crippen molar-refractivity contribution in [1.82, 2.24) is 4.90 Å². The lowest BCUT2D eigenvalue weighted by atomic mass is 9.94. The average Bonchev–Trinajstić information content (AvgIpc) is 2.73. The van der Waals surface area contributed by atoms with Crippen LogP contribution < -0.4 is 5.73 Å². The number of amides is 1. The first kappa shape index (κ1) is 28.8. The number of likely N-dealkylation sites (N-methyl/N-ethyl adjacent to an activating group) is 1. The molecule has 9 heteroatoms. The van der Waals surface area contributed by atoms with Crippen molar-refractivity contribution >= 4 is 17.4 Å². The van der Waals surface area contributed by atoms with E-state index in [0.29, 0.717) is 29.0 Å². The lowest BCUT2D eigenvalue weighted by Gasteiger charge is -2.23. The van der Waals surface area contributed by atoms with Crippen LogP contribution in [-0.4, -0.2) is 42.1 Å². The van der Waals surface area contributed by atoms with Gasteiger partial charge in [-0.3, -0.25) is 14.5 Å². The van der Waals surface area contributed by atoms with Crippen molar-refractivity contribution in [3.05, 3.63) is 52.8 Å². The molecule has 0 heterocycles. The Labute approximate surface area is 186 Å². The third-order valence-electron chi connectivity index (χ3n) is 4.40. The summed E-state index contributed by atoms with van der Waals surface area (Å²) in [6.07, 6.45) is 6.78. The molecule has 0 aliphatic rings. The number of rotatable bonds is 11. The number of carboxylic acid groups (broad SMARTS) is 1. The average molecular weight is 454 g/mol. The first-order valence-corrected chi connectivity index (χ1v) is 9.70. The second-order valence-corrected chi connectivity index (χ2v) is 6.55. The van der Waals surface area contributed by atoms with E-state index in [1.54, 1.807) is 30.9 Å². The van der Waals surface area contributed by atoms with Gasteiger partial charge in [-0.05, 0) is 49.2 Å². The summed E-state index contributed by atoms with van der Waals surface area (Å²) < 4.78 is 45.3. The van der Waals surface area contributed by atoms with Crippen molar-refractivity contribution in [3.8, 4) is 12.8 Å². The van der Waals surface area contributed by atoms with E-state index in [1.165, 1.54) is 13.2 Å². The summed E-state index contributed by atoms with van der Waals surface area (Å²) in [5.41, 5.74) is 5.70. The molecule has 0 aliphatic carbocycles. The molecule has 1 rings (SSSR count). The number of nitrogens with zero attached hydrogens (tertiary/aromatic N) is 1. The Morgan fingerprint density at radius 2 is 1.91 bits per heavy atom. The number of hydrogen-bond acceptors (Lipinski definition) is 4. The number of terminal acetylenes is 1. The maximum absolute atomic E-state index is 13.3. The van der Waals surface area contributed by atoms with Gasteiger partial charge in [-0.25, -0.2) is 0 Å². The predicted octanol–water partition coefficient (Wildman–Crippen LogP) is 4.06. The van der Waals surface area contributed by atoms with E-state index in [2.05, 4.69) is 12.8 Å². The molecule has 0 unspecified atom stereocenters. The van der Waals surface area contributed by atoms with E-state index in [1.807, 2.05) is 0 Å². The topological polar surface area (TPSA) is 92.9 Å². The van der Waals surface area contributed by atoms with E-state index in [4.69, 9.17) is 15.6 Å². The van der Waals surface area contributed by atoms with Crippen LogP contribution in [0, 0.1) is 12.8 Å². The molecule has 0 bridgehead atoms. The first-order valence-electron chi connectivity index (χ1n) is 9.70. The third-order valence-corrected chi connectivity index (χ3v) is 4.40. The zero-order chi connectivity index (χ0) is 24.9. The Balaban J connectivity index is 0.00000466. The molecule has 1 aromatic rings. The largest absolute Gasteiger partial charge is 0.496 e. The standard InChI is InChI=1S/C21H27F3N2O4.C2H2/c1-4-18(30-3)17(7-6-8-20(28)29)16-10-9-15(21(22,23)24)11-14(16)12-26(5-2)13-19(25)27;1-2/h4,7,9-11H,5-6,8,12-13H2,1-3H3,(H2,25,27)(H,28,29);1-2H/b17-7-,18-4+;. The fourth-order valence-electron chi connectivity index (χ4n) is 2.97. The zero-order valence-electron chi connectivity index (χ0n) is 18.4. The maximum atomic E-state index is 13.3. The summed E-state index contributed by atoms with van der Waals surface area (Å²) in [4.78, 5) is 23.8. The van der Waals surface area contributed by atoms with Crippen molar-refractivity contribution in [3.63, 3.8) is 0 Å². The molecular formula is C23H29F3N2O4. The van der Waals surface area contributed by atoms with Gasteiger partial charge in [0.05, 0.1) is 19.2 Å². The van der Waals surface area contributed by atoms with Crippen molar-refractivity contribution in [1.29, 1.82) is 0 Å². The van der Waals surface area contributed by atoms with Gasteiger partial charge in [0.15, 0.2) is 0 Å². The van der Waals surface area contributed by atoms with Gasteiger partial charge in [-0.1, -0.05) is 19.1 Å². The highest BCUT2D eigenvalue weighted by molar-refractivity contribution is 5.80. The Morgan fingerprint density at radius 1 is 1.28 bits per heavy atom. The normalized spacial score (nSPS) is 12.2. The molecular weight excluding hydrogens is 425 g/mol. The van der Waals surface area contributed by atoms with Gasteiger partial charge in [0.1, 0.15) is 5.76 Å². The summed E-state index contributed by atoms with van der Waals surface area (Å²) in [5.74, 6) is -1.18. The van der Waals surface area contributed by atoms with Crippen LogP contribution in [0.1, 0.15) is 43.4 Å². The van der Waals surface area contributed by atoms with Gasteiger partial charge in [-0.15, -0.1) is 12.8 Å². The predicted molar refractivity (Wildman–Crippen MR) is 117 cm³/mol. The van der Waals surface area contributed by atoms with Gasteiger partial charge in [0, 0.05) is 18.5 Å². The van der Waals surface area contributed by atoms with Crippen LogP contribution in [-0.2, 0) is 27.0 Å². The van der Waals surface area contributed by atoms with Crippen LogP contribution in [0.3, 0.4) is 0 Å². The Bertz CT molecular complexity index is 859. The SMILES string of the molecule is C#C.C/C=C(OC)\C(=C/CCC(=O)O)c1ccc(C(F)(F)F)cc1CN(CC)CC(N)=O. The lowest BCUT2D eigenvalue weighted by Crippen LogP contribution is -2.33. The number of alkyl halides is 3. The summed E-state index contributed by atoms with van der Waals surface area (Å²) in [6, 6.07) is 3.34. The van der Waals surface area contributed by atoms with E-state index < -0.39 is 23.6 Å². The minimum Gasteiger partial charge on any atom is -0.496 e. The zero-order valence-corrected chi connectivity index (χ0v) is 18.4. The maximum Gasteiger partial charge on any atom is 0.416 e. The number of allylic oxidation sites excluding steroid dienone is 3. The van der Waals surface area contributed by atoms with Crippen LogP contribution >= 0.6 is 0 Å². The number of carboxylic acids is 1. The molecule has 0 aliphatic heterocycles. The van der Waals surface area contributed by atoms with E-state index in [-0.39, 0.29) is 25.9 Å². The van der Waals surface area contributed by atoms with Gasteiger partial charge >= 0.3 is 12.1 Å². The summed E-state index contributed by atoms with van der Waals surface area (Å²) >= 11 is 0. The highest BCUT2D eigenvalue weighted by Gasteiger charge is 2.31. The molecule has 0 radical (unpaired) electrons. The molecule has 176 valence electrons. The molecule has 1 amide bonds. The van der Waals surface area contributed by atoms with Crippen molar-refractivity contribution in [2.24, 2.45) is 5.73 Å². The van der Waals surface area contributed by atoms with Crippen LogP contribution in [0.4, 0.5) is 13.2 Å². The van der Waals surface area contributed by atoms with Crippen LogP contribution in [0.5, 0.6) is 0 Å². The smallest absolute Gasteiger partial charge is 0.416 e. The fraction of sp³-hybridized carbons (Fsp3) is 0.391. The molecule has 0 atom stereocenters. The number of benzene rings is 1. The highest BCUT2D eigenvalue weighted by atomic mass is 19.4. The minimum atomic E-state index is -4.54. The monoisotopic (exact) mass is 454 g/mol. The molecule has 0 fully saturated rings. The fourth-order valence-corrected chi connectivity index (χ4v) is 2.97. The molecule has 1 aromatic carbocycles. The number of halogens is 3. The molecule has 0 aromatic heterocycles. The number of primary amides is 1. The van der Waals surface area contributed by atoms with Crippen LogP contribution in [0.15, 0.2) is 36.1 Å².